The van der Waals surface area contributed by atoms with Gasteiger partial charge in [-0.2, -0.15) is 0 Å². The van der Waals surface area contributed by atoms with Gasteiger partial charge in [0.2, 0.25) is 15.9 Å². The summed E-state index contributed by atoms with van der Waals surface area (Å²) < 4.78 is 31.2. The van der Waals surface area contributed by atoms with E-state index in [1.165, 1.54) is 13.2 Å². The fourth-order valence-electron chi connectivity index (χ4n) is 3.36. The van der Waals surface area contributed by atoms with Crippen molar-refractivity contribution >= 4 is 33.3 Å². The molecule has 0 heterocycles. The summed E-state index contributed by atoms with van der Waals surface area (Å²) in [6, 6.07) is 9.29. The average Bonchev–Trinajstić information content (AvgIpc) is 2.64. The monoisotopic (exact) mass is 432 g/mol. The fraction of sp³-hybridized carbons (Fsp3) is 0.364. The molecule has 0 spiro atoms. The first-order valence-electron chi connectivity index (χ1n) is 9.55. The summed E-state index contributed by atoms with van der Waals surface area (Å²) in [6.07, 6.45) is 1.35. The molecular formula is C22H28N2O5S. The third-order valence-electron chi connectivity index (χ3n) is 4.71. The highest BCUT2D eigenvalue weighted by Crippen LogP contribution is 2.26. The Bertz CT molecular complexity index is 1040. The molecule has 0 saturated carbocycles. The smallest absolute Gasteiger partial charge is 0.337 e. The molecule has 0 aliphatic heterocycles. The number of hydrogen-bond acceptors (Lipinski definition) is 5. The zero-order valence-corrected chi connectivity index (χ0v) is 19.0. The molecule has 7 nitrogen and oxygen atoms in total. The fourth-order valence-corrected chi connectivity index (χ4v) is 4.55. The summed E-state index contributed by atoms with van der Waals surface area (Å²) >= 11 is 0. The molecule has 2 rings (SSSR count). The summed E-state index contributed by atoms with van der Waals surface area (Å²) in [6.45, 7) is 7.29. The van der Waals surface area contributed by atoms with E-state index in [2.05, 4.69) is 5.32 Å². The van der Waals surface area contributed by atoms with Crippen molar-refractivity contribution in [3.05, 3.63) is 58.7 Å². The van der Waals surface area contributed by atoms with Gasteiger partial charge in [0.15, 0.2) is 0 Å². The van der Waals surface area contributed by atoms with E-state index in [-0.39, 0.29) is 6.42 Å². The lowest BCUT2D eigenvalue weighted by atomic mass is 10.1. The highest BCUT2D eigenvalue weighted by molar-refractivity contribution is 7.92. The van der Waals surface area contributed by atoms with Gasteiger partial charge in [0.1, 0.15) is 6.04 Å². The van der Waals surface area contributed by atoms with Crippen molar-refractivity contribution in [2.75, 3.05) is 23.0 Å². The Hall–Kier alpha value is -2.87. The highest BCUT2D eigenvalue weighted by Gasteiger charge is 2.32. The van der Waals surface area contributed by atoms with Crippen molar-refractivity contribution in [1.82, 2.24) is 0 Å². The second-order valence-corrected chi connectivity index (χ2v) is 9.20. The van der Waals surface area contributed by atoms with Gasteiger partial charge >= 0.3 is 5.97 Å². The Morgan fingerprint density at radius 3 is 2.17 bits per heavy atom. The quantitative estimate of drug-likeness (QED) is 0.675. The number of aryl methyl sites for hydroxylation is 3. The maximum absolute atomic E-state index is 13.1. The van der Waals surface area contributed by atoms with Crippen LogP contribution in [0.5, 0.6) is 0 Å². The number of anilines is 2. The Morgan fingerprint density at radius 1 is 1.07 bits per heavy atom. The second-order valence-electron chi connectivity index (χ2n) is 7.34. The van der Waals surface area contributed by atoms with E-state index >= 15 is 0 Å². The Kier molecular flexibility index (Phi) is 7.25. The Labute approximate surface area is 178 Å². The average molecular weight is 433 g/mol. The summed E-state index contributed by atoms with van der Waals surface area (Å²) in [5.41, 5.74) is 3.70. The number of carbonyl (C=O) groups excluding carboxylic acids is 2. The molecule has 0 aliphatic carbocycles. The third-order valence-corrected chi connectivity index (χ3v) is 5.89. The number of nitrogens with one attached hydrogen (secondary N) is 1. The minimum Gasteiger partial charge on any atom is -0.465 e. The van der Waals surface area contributed by atoms with Crippen molar-refractivity contribution in [2.45, 2.75) is 40.2 Å². The van der Waals surface area contributed by atoms with E-state index in [0.29, 0.717) is 16.9 Å². The van der Waals surface area contributed by atoms with Crippen LogP contribution < -0.4 is 9.62 Å². The van der Waals surface area contributed by atoms with Crippen molar-refractivity contribution in [3.63, 3.8) is 0 Å². The molecule has 1 amide bonds. The zero-order chi connectivity index (χ0) is 22.6. The predicted octanol–water partition coefficient (Wildman–Crippen LogP) is 3.58. The summed E-state index contributed by atoms with van der Waals surface area (Å²) in [7, 11) is -2.46. The van der Waals surface area contributed by atoms with Crippen LogP contribution in [0.15, 0.2) is 36.4 Å². The molecule has 30 heavy (non-hydrogen) atoms. The zero-order valence-electron chi connectivity index (χ0n) is 18.1. The largest absolute Gasteiger partial charge is 0.465 e. The molecule has 0 radical (unpaired) electrons. The number of ether oxygens (including phenoxy) is 1. The molecule has 0 aliphatic rings. The molecule has 162 valence electrons. The van der Waals surface area contributed by atoms with Crippen LogP contribution >= 0.6 is 0 Å². The van der Waals surface area contributed by atoms with Gasteiger partial charge < -0.3 is 10.1 Å². The molecule has 0 saturated heterocycles. The van der Waals surface area contributed by atoms with Crippen molar-refractivity contribution in [3.8, 4) is 0 Å². The van der Waals surface area contributed by atoms with Gasteiger partial charge in [-0.05, 0) is 68.1 Å². The van der Waals surface area contributed by atoms with Crippen LogP contribution in [0.1, 0.15) is 40.4 Å². The number of rotatable bonds is 7. The lowest BCUT2D eigenvalue weighted by molar-refractivity contribution is -0.117. The normalized spacial score (nSPS) is 12.2. The predicted molar refractivity (Wildman–Crippen MR) is 118 cm³/mol. The van der Waals surface area contributed by atoms with Gasteiger partial charge in [-0.15, -0.1) is 0 Å². The van der Waals surface area contributed by atoms with E-state index < -0.39 is 27.9 Å². The number of esters is 1. The van der Waals surface area contributed by atoms with Crippen LogP contribution in [0.25, 0.3) is 0 Å². The molecule has 0 fully saturated rings. The first-order valence-corrected chi connectivity index (χ1v) is 11.4. The highest BCUT2D eigenvalue weighted by atomic mass is 32.2. The Morgan fingerprint density at radius 2 is 1.67 bits per heavy atom. The van der Waals surface area contributed by atoms with Gasteiger partial charge in [-0.25, -0.2) is 13.2 Å². The van der Waals surface area contributed by atoms with Gasteiger partial charge in [0.05, 0.1) is 24.6 Å². The van der Waals surface area contributed by atoms with E-state index in [4.69, 9.17) is 4.74 Å². The summed E-state index contributed by atoms with van der Waals surface area (Å²) in [5, 5.41) is 2.78. The Balaban J connectivity index is 2.45. The van der Waals surface area contributed by atoms with Crippen LogP contribution in [0.3, 0.4) is 0 Å². The molecule has 2 aromatic carbocycles. The van der Waals surface area contributed by atoms with Crippen LogP contribution in [0.2, 0.25) is 0 Å². The number of amides is 1. The second kappa shape index (κ2) is 9.30. The molecule has 8 heteroatoms. The van der Waals surface area contributed by atoms with Crippen molar-refractivity contribution in [1.29, 1.82) is 0 Å². The van der Waals surface area contributed by atoms with E-state index in [0.717, 1.165) is 27.3 Å². The molecule has 1 atom stereocenters. The first-order chi connectivity index (χ1) is 14.0. The summed E-state index contributed by atoms with van der Waals surface area (Å²) in [4.78, 5) is 25.0. The van der Waals surface area contributed by atoms with Crippen LogP contribution in [-0.4, -0.2) is 39.7 Å². The molecule has 2 aromatic rings. The topological polar surface area (TPSA) is 92.8 Å². The molecular weight excluding hydrogens is 404 g/mol. The lowest BCUT2D eigenvalue weighted by Crippen LogP contribution is -2.47. The summed E-state index contributed by atoms with van der Waals surface area (Å²) in [5.74, 6) is -1.00. The van der Waals surface area contributed by atoms with Crippen molar-refractivity contribution < 1.29 is 22.7 Å². The number of methoxy groups -OCH3 is 1. The minimum atomic E-state index is -3.74. The van der Waals surface area contributed by atoms with Crippen molar-refractivity contribution in [2.24, 2.45) is 0 Å². The van der Waals surface area contributed by atoms with Gasteiger partial charge in [0.25, 0.3) is 0 Å². The maximum Gasteiger partial charge on any atom is 0.337 e. The van der Waals surface area contributed by atoms with E-state index in [1.54, 1.807) is 38.1 Å². The van der Waals surface area contributed by atoms with Gasteiger partial charge in [-0.3, -0.25) is 9.10 Å². The van der Waals surface area contributed by atoms with Gasteiger partial charge in [0, 0.05) is 5.69 Å². The maximum atomic E-state index is 13.1. The first kappa shape index (κ1) is 23.4. The number of carbonyl (C=O) groups is 2. The van der Waals surface area contributed by atoms with Crippen LogP contribution in [0, 0.1) is 20.8 Å². The van der Waals surface area contributed by atoms with Crippen LogP contribution in [0.4, 0.5) is 11.4 Å². The minimum absolute atomic E-state index is 0.266. The number of sulfonamides is 1. The third kappa shape index (κ3) is 5.38. The van der Waals surface area contributed by atoms with E-state index in [1.807, 2.05) is 19.9 Å². The van der Waals surface area contributed by atoms with Crippen LogP contribution in [-0.2, 0) is 19.6 Å². The number of nitrogens with zero attached hydrogens (tertiary/aromatic N) is 1. The SMILES string of the molecule is CCC(C(=O)Nc1cc(C(=O)OC)ccc1C)N(c1cc(C)cc(C)c1)S(C)(=O)=O. The molecule has 0 aromatic heterocycles. The standard InChI is InChI=1S/C22H28N2O5S/c1-7-20(24(30(6,27)28)18-11-14(2)10-15(3)12-18)21(25)23-19-13-17(22(26)29-5)9-8-16(19)4/h8-13,20H,7H2,1-6H3,(H,23,25). The lowest BCUT2D eigenvalue weighted by Gasteiger charge is -2.30. The van der Waals surface area contributed by atoms with E-state index in [9.17, 15) is 18.0 Å². The van der Waals surface area contributed by atoms with Gasteiger partial charge in [-0.1, -0.05) is 19.1 Å². The molecule has 1 unspecified atom stereocenters. The number of benzene rings is 2. The molecule has 0 bridgehead atoms. The number of hydrogen-bond donors (Lipinski definition) is 1. The molecule has 1 N–H and O–H groups in total.